The maximum Gasteiger partial charge on any atom is 0.266 e. The van der Waals surface area contributed by atoms with Crippen LogP contribution < -0.4 is 10.3 Å². The molecule has 1 aliphatic heterocycles. The van der Waals surface area contributed by atoms with Gasteiger partial charge in [-0.3, -0.25) is 9.69 Å². The summed E-state index contributed by atoms with van der Waals surface area (Å²) in [7, 11) is 2.14. The number of piperazine rings is 1. The van der Waals surface area contributed by atoms with Gasteiger partial charge in [-0.2, -0.15) is 5.26 Å². The van der Waals surface area contributed by atoms with Gasteiger partial charge in [-0.15, -0.1) is 0 Å². The normalized spacial score (nSPS) is 15.6. The molecule has 6 nitrogen and oxygen atoms in total. The van der Waals surface area contributed by atoms with Gasteiger partial charge in [0.25, 0.3) is 5.56 Å². The first-order valence-corrected chi connectivity index (χ1v) is 8.85. The van der Waals surface area contributed by atoms with Crippen molar-refractivity contribution in [1.29, 1.82) is 5.26 Å². The molecule has 0 aliphatic carbocycles. The number of hydrogen-bond acceptors (Lipinski definition) is 5. The molecule has 2 aromatic rings. The van der Waals surface area contributed by atoms with E-state index in [-0.39, 0.29) is 11.1 Å². The van der Waals surface area contributed by atoms with Crippen LogP contribution in [0, 0.1) is 18.3 Å². The van der Waals surface area contributed by atoms with Gasteiger partial charge in [0, 0.05) is 49.5 Å². The maximum absolute atomic E-state index is 12.1. The zero-order valence-corrected chi connectivity index (χ0v) is 15.3. The number of aromatic nitrogens is 1. The van der Waals surface area contributed by atoms with E-state index in [0.29, 0.717) is 17.9 Å². The first kappa shape index (κ1) is 18.2. The molecule has 1 aliphatic rings. The largest absolute Gasteiger partial charge is 0.492 e. The van der Waals surface area contributed by atoms with E-state index in [1.807, 2.05) is 43.3 Å². The van der Waals surface area contributed by atoms with Crippen molar-refractivity contribution in [2.24, 2.45) is 0 Å². The van der Waals surface area contributed by atoms with Crippen LogP contribution in [-0.2, 0) is 0 Å². The van der Waals surface area contributed by atoms with Gasteiger partial charge in [0.05, 0.1) is 0 Å². The molecule has 1 aromatic carbocycles. The van der Waals surface area contributed by atoms with Crippen LogP contribution in [0.15, 0.2) is 35.1 Å². The standard InChI is InChI=1S/C20H24N4O2/c1-15-13-17(18(14-21)20(25)22-15)16-5-3-4-6-19(16)26-12-11-24-9-7-23(2)8-10-24/h3-6,13H,7-12H2,1-2H3,(H,22,25). The van der Waals surface area contributed by atoms with Gasteiger partial charge in [-0.05, 0) is 26.1 Å². The van der Waals surface area contributed by atoms with E-state index in [4.69, 9.17) is 4.74 Å². The third-order valence-electron chi connectivity index (χ3n) is 4.72. The summed E-state index contributed by atoms with van der Waals surface area (Å²) in [6.07, 6.45) is 0. The summed E-state index contributed by atoms with van der Waals surface area (Å²) in [5.74, 6) is 0.697. The summed E-state index contributed by atoms with van der Waals surface area (Å²) < 4.78 is 6.02. The van der Waals surface area contributed by atoms with Gasteiger partial charge in [0.1, 0.15) is 24.0 Å². The average Bonchev–Trinajstić information content (AvgIpc) is 2.63. The number of likely N-dealkylation sites (N-methyl/N-ethyl adjacent to an activating group) is 1. The van der Waals surface area contributed by atoms with Crippen molar-refractivity contribution in [2.45, 2.75) is 6.92 Å². The molecule has 1 saturated heterocycles. The summed E-state index contributed by atoms with van der Waals surface area (Å²) >= 11 is 0. The third kappa shape index (κ3) is 4.13. The number of nitriles is 1. The molecular formula is C20H24N4O2. The van der Waals surface area contributed by atoms with Crippen molar-refractivity contribution in [2.75, 3.05) is 46.4 Å². The third-order valence-corrected chi connectivity index (χ3v) is 4.72. The highest BCUT2D eigenvalue weighted by Crippen LogP contribution is 2.31. The SMILES string of the molecule is Cc1cc(-c2ccccc2OCCN2CCN(C)CC2)c(C#N)c(=O)[nH]1. The lowest BCUT2D eigenvalue weighted by atomic mass is 10.0. The van der Waals surface area contributed by atoms with Crippen molar-refractivity contribution in [3.63, 3.8) is 0 Å². The monoisotopic (exact) mass is 352 g/mol. The number of nitrogens with zero attached hydrogens (tertiary/aromatic N) is 3. The first-order valence-electron chi connectivity index (χ1n) is 8.85. The fraction of sp³-hybridized carbons (Fsp3) is 0.400. The van der Waals surface area contributed by atoms with Crippen molar-refractivity contribution in [3.8, 4) is 22.9 Å². The summed E-state index contributed by atoms with van der Waals surface area (Å²) in [6, 6.07) is 11.4. The zero-order chi connectivity index (χ0) is 18.5. The first-order chi connectivity index (χ1) is 12.6. The van der Waals surface area contributed by atoms with E-state index in [2.05, 4.69) is 21.8 Å². The van der Waals surface area contributed by atoms with Crippen molar-refractivity contribution < 1.29 is 4.74 Å². The van der Waals surface area contributed by atoms with Gasteiger partial charge >= 0.3 is 0 Å². The molecule has 0 radical (unpaired) electrons. The highest BCUT2D eigenvalue weighted by molar-refractivity contribution is 5.75. The Morgan fingerprint density at radius 2 is 1.92 bits per heavy atom. The Balaban J connectivity index is 1.77. The van der Waals surface area contributed by atoms with Crippen molar-refractivity contribution in [1.82, 2.24) is 14.8 Å². The van der Waals surface area contributed by atoms with Gasteiger partial charge in [-0.25, -0.2) is 0 Å². The lowest BCUT2D eigenvalue weighted by Crippen LogP contribution is -2.45. The molecular weight excluding hydrogens is 328 g/mol. The number of H-pyrrole nitrogens is 1. The Morgan fingerprint density at radius 1 is 1.19 bits per heavy atom. The summed E-state index contributed by atoms with van der Waals surface area (Å²) in [6.45, 7) is 7.50. The zero-order valence-electron chi connectivity index (χ0n) is 15.3. The fourth-order valence-corrected chi connectivity index (χ4v) is 3.18. The van der Waals surface area contributed by atoms with Gasteiger partial charge in [0.2, 0.25) is 0 Å². The molecule has 3 rings (SSSR count). The van der Waals surface area contributed by atoms with Crippen LogP contribution in [0.5, 0.6) is 5.75 Å². The molecule has 6 heteroatoms. The second-order valence-corrected chi connectivity index (χ2v) is 6.67. The van der Waals surface area contributed by atoms with E-state index in [1.165, 1.54) is 0 Å². The number of pyridine rings is 1. The van der Waals surface area contributed by atoms with Crippen LogP contribution in [0.25, 0.3) is 11.1 Å². The van der Waals surface area contributed by atoms with Crippen molar-refractivity contribution >= 4 is 0 Å². The molecule has 0 atom stereocenters. The smallest absolute Gasteiger partial charge is 0.266 e. The minimum atomic E-state index is -0.366. The molecule has 1 aromatic heterocycles. The van der Waals surface area contributed by atoms with E-state index in [0.717, 1.165) is 44.0 Å². The van der Waals surface area contributed by atoms with Gasteiger partial charge < -0.3 is 14.6 Å². The van der Waals surface area contributed by atoms with Crippen LogP contribution in [0.1, 0.15) is 11.3 Å². The number of nitrogens with one attached hydrogen (secondary N) is 1. The Bertz CT molecular complexity index is 861. The molecule has 0 saturated carbocycles. The fourth-order valence-electron chi connectivity index (χ4n) is 3.18. The van der Waals surface area contributed by atoms with Crippen LogP contribution in [0.3, 0.4) is 0 Å². The second kappa shape index (κ2) is 8.17. The number of ether oxygens (including phenoxy) is 1. The topological polar surface area (TPSA) is 72.4 Å². The van der Waals surface area contributed by atoms with Crippen LogP contribution in [0.2, 0.25) is 0 Å². The lowest BCUT2D eigenvalue weighted by molar-refractivity contribution is 0.134. The summed E-state index contributed by atoms with van der Waals surface area (Å²) in [5.41, 5.74) is 1.86. The number of benzene rings is 1. The summed E-state index contributed by atoms with van der Waals surface area (Å²) in [4.78, 5) is 19.5. The number of hydrogen-bond donors (Lipinski definition) is 1. The Morgan fingerprint density at radius 3 is 2.65 bits per heavy atom. The summed E-state index contributed by atoms with van der Waals surface area (Å²) in [5, 5.41) is 9.39. The quantitative estimate of drug-likeness (QED) is 0.889. The molecule has 0 amide bonds. The van der Waals surface area contributed by atoms with Crippen LogP contribution in [-0.4, -0.2) is 61.2 Å². The molecule has 2 heterocycles. The number of aromatic amines is 1. The highest BCUT2D eigenvalue weighted by Gasteiger charge is 2.16. The van der Waals surface area contributed by atoms with Gasteiger partial charge in [-0.1, -0.05) is 18.2 Å². The lowest BCUT2D eigenvalue weighted by Gasteiger charge is -2.32. The van der Waals surface area contributed by atoms with Crippen LogP contribution in [0.4, 0.5) is 0 Å². The predicted octanol–water partition coefficient (Wildman–Crippen LogP) is 1.85. The second-order valence-electron chi connectivity index (χ2n) is 6.67. The Labute approximate surface area is 153 Å². The van der Waals surface area contributed by atoms with E-state index in [9.17, 15) is 10.1 Å². The Kier molecular flexibility index (Phi) is 5.71. The van der Waals surface area contributed by atoms with E-state index >= 15 is 0 Å². The minimum absolute atomic E-state index is 0.116. The van der Waals surface area contributed by atoms with Crippen molar-refractivity contribution in [3.05, 3.63) is 51.9 Å². The minimum Gasteiger partial charge on any atom is -0.492 e. The number of aryl methyl sites for hydroxylation is 1. The molecule has 1 fully saturated rings. The molecule has 26 heavy (non-hydrogen) atoms. The predicted molar refractivity (Wildman–Crippen MR) is 101 cm³/mol. The number of rotatable bonds is 5. The molecule has 0 bridgehead atoms. The Hall–Kier alpha value is -2.62. The average molecular weight is 352 g/mol. The van der Waals surface area contributed by atoms with Gasteiger partial charge in [0.15, 0.2) is 0 Å². The highest BCUT2D eigenvalue weighted by atomic mass is 16.5. The molecule has 1 N–H and O–H groups in total. The maximum atomic E-state index is 12.1. The molecule has 136 valence electrons. The molecule has 0 unspecified atom stereocenters. The number of para-hydroxylation sites is 1. The molecule has 0 spiro atoms. The van der Waals surface area contributed by atoms with Crippen LogP contribution >= 0.6 is 0 Å². The van der Waals surface area contributed by atoms with E-state index in [1.54, 1.807) is 0 Å². The van der Waals surface area contributed by atoms with E-state index < -0.39 is 0 Å².